The molecule has 10 heteroatoms. The van der Waals surface area contributed by atoms with Crippen LogP contribution < -0.4 is 10.2 Å². The Morgan fingerprint density at radius 1 is 0.443 bits per heavy atom. The van der Waals surface area contributed by atoms with Crippen molar-refractivity contribution < 1.29 is 37.3 Å². The lowest BCUT2D eigenvalue weighted by Gasteiger charge is -2.30. The van der Waals surface area contributed by atoms with Crippen LogP contribution >= 0.6 is 7.82 Å². The van der Waals surface area contributed by atoms with Gasteiger partial charge in [0.2, 0.25) is 5.91 Å². The highest BCUT2D eigenvalue weighted by atomic mass is 31.2. The summed E-state index contributed by atoms with van der Waals surface area (Å²) in [5, 5.41) is 3.03. The smallest absolute Gasteiger partial charge is 0.306 e. The van der Waals surface area contributed by atoms with Gasteiger partial charge in [-0.3, -0.25) is 14.2 Å². The minimum absolute atomic E-state index is 0.0285. The predicted molar refractivity (Wildman–Crippen MR) is 339 cm³/mol. The topological polar surface area (TPSA) is 114 Å². The van der Waals surface area contributed by atoms with Crippen molar-refractivity contribution in [1.82, 2.24) is 5.32 Å². The molecular weight excluding hydrogens is 1000 g/mol. The molecule has 3 atom stereocenters. The molecule has 0 aliphatic heterocycles. The number of hydrogen-bond donors (Lipinski definition) is 1. The lowest BCUT2D eigenvalue weighted by Crippen LogP contribution is -2.47. The maximum absolute atomic E-state index is 13.6. The Labute approximate surface area is 488 Å². The van der Waals surface area contributed by atoms with Gasteiger partial charge in [0.1, 0.15) is 19.3 Å². The van der Waals surface area contributed by atoms with Gasteiger partial charge in [0.25, 0.3) is 7.82 Å². The van der Waals surface area contributed by atoms with Gasteiger partial charge >= 0.3 is 5.97 Å². The number of nitrogens with one attached hydrogen (secondary N) is 1. The van der Waals surface area contributed by atoms with Crippen LogP contribution in [-0.2, 0) is 27.9 Å². The number of phosphoric ester groups is 1. The number of amides is 1. The van der Waals surface area contributed by atoms with Gasteiger partial charge in [-0.2, -0.15) is 0 Å². The molecular formula is C69H125N2O7P. The molecule has 0 aliphatic rings. The molecule has 0 saturated carbocycles. The summed E-state index contributed by atoms with van der Waals surface area (Å²) >= 11 is 0. The number of rotatable bonds is 59. The molecule has 0 heterocycles. The quantitative estimate of drug-likeness (QED) is 0.0212. The van der Waals surface area contributed by atoms with Crippen LogP contribution in [0.4, 0.5) is 0 Å². The number of ether oxygens (including phenoxy) is 1. The summed E-state index contributed by atoms with van der Waals surface area (Å²) in [6.07, 6.45) is 76.9. The first kappa shape index (κ1) is 76.2. The van der Waals surface area contributed by atoms with E-state index in [-0.39, 0.29) is 24.9 Å². The first-order chi connectivity index (χ1) is 38.4. The van der Waals surface area contributed by atoms with Gasteiger partial charge in [0.15, 0.2) is 0 Å². The molecule has 0 radical (unpaired) electrons. The van der Waals surface area contributed by atoms with Crippen molar-refractivity contribution in [1.29, 1.82) is 0 Å². The number of allylic oxidation sites excluding steroid dienone is 13. The fourth-order valence-electron chi connectivity index (χ4n) is 9.18. The number of quaternary nitrogens is 1. The zero-order valence-electron chi connectivity index (χ0n) is 52.3. The molecule has 0 spiro atoms. The van der Waals surface area contributed by atoms with Gasteiger partial charge in [0.05, 0.1) is 33.8 Å². The second kappa shape index (κ2) is 58.4. The Hall–Kier alpha value is -2.81. The van der Waals surface area contributed by atoms with E-state index in [1.54, 1.807) is 0 Å². The van der Waals surface area contributed by atoms with Crippen LogP contribution in [-0.4, -0.2) is 69.4 Å². The number of esters is 1. The van der Waals surface area contributed by atoms with Crippen molar-refractivity contribution in [2.45, 2.75) is 303 Å². The SMILES string of the molecule is CCCCC/C=C\C/C=C\C/C=C\C/C=C\CCCCCCCCCC(=O)NC(COP(=O)([O-])OCC[N+](C)(C)C)C(/C=C\CCCCCCCCCCC)OC(=O)CCCCCCCCCCC/C=C\C/C=C\CCCCC. The molecule has 1 N–H and O–H groups in total. The third-order valence-electron chi connectivity index (χ3n) is 14.3. The molecule has 0 rings (SSSR count). The van der Waals surface area contributed by atoms with E-state index in [1.807, 2.05) is 33.3 Å². The largest absolute Gasteiger partial charge is 0.756 e. The minimum atomic E-state index is -4.71. The van der Waals surface area contributed by atoms with Crippen LogP contribution in [0.1, 0.15) is 290 Å². The number of carbonyl (C=O) groups is 2. The molecule has 79 heavy (non-hydrogen) atoms. The standard InChI is InChI=1S/C69H125N2O7P/c1-7-10-13-16-19-22-25-27-29-31-33-34-35-36-38-39-41-43-46-49-52-55-58-61-68(72)70-66(65-77-79(74,75)76-64-63-71(4,5)6)67(60-57-54-51-48-45-24-21-18-15-12-9-3)78-69(73)62-59-56-53-50-47-44-42-40-37-32-30-28-26-23-20-17-14-11-8-2/h19-20,22-23,27-30,33-34,36,38,57,60,66-67H,7-18,21,24-26,31-32,35,37,39-56,58-59,61-65H2,1-6H3,(H-,70,72,74,75)/b22-19-,23-20-,29-27-,30-28-,34-33-,38-36-,60-57-. The Balaban J connectivity index is 5.17. The third-order valence-corrected chi connectivity index (χ3v) is 15.3. The summed E-state index contributed by atoms with van der Waals surface area (Å²) in [4.78, 5) is 40.1. The predicted octanol–water partition coefficient (Wildman–Crippen LogP) is 19.9. The van der Waals surface area contributed by atoms with Gasteiger partial charge in [-0.25, -0.2) is 0 Å². The molecule has 0 saturated heterocycles. The van der Waals surface area contributed by atoms with Crippen LogP contribution in [0.15, 0.2) is 85.1 Å². The maximum Gasteiger partial charge on any atom is 0.306 e. The summed E-state index contributed by atoms with van der Waals surface area (Å²) in [5.41, 5.74) is 0. The average molecular weight is 1130 g/mol. The first-order valence-electron chi connectivity index (χ1n) is 32.9. The van der Waals surface area contributed by atoms with Gasteiger partial charge in [-0.15, -0.1) is 0 Å². The van der Waals surface area contributed by atoms with E-state index in [0.29, 0.717) is 17.4 Å². The Morgan fingerprint density at radius 3 is 1.18 bits per heavy atom. The van der Waals surface area contributed by atoms with Crippen molar-refractivity contribution in [2.24, 2.45) is 0 Å². The van der Waals surface area contributed by atoms with Crippen molar-refractivity contribution >= 4 is 19.7 Å². The number of hydrogen-bond acceptors (Lipinski definition) is 7. The summed E-state index contributed by atoms with van der Waals surface area (Å²) in [7, 11) is 1.17. The van der Waals surface area contributed by atoms with Crippen LogP contribution in [0, 0.1) is 0 Å². The summed E-state index contributed by atoms with van der Waals surface area (Å²) in [6, 6.07) is -0.900. The molecule has 0 aliphatic carbocycles. The van der Waals surface area contributed by atoms with E-state index in [9.17, 15) is 19.0 Å². The highest BCUT2D eigenvalue weighted by Gasteiger charge is 2.27. The summed E-state index contributed by atoms with van der Waals surface area (Å²) in [6.45, 7) is 6.78. The zero-order valence-corrected chi connectivity index (χ0v) is 53.2. The van der Waals surface area contributed by atoms with Crippen LogP contribution in [0.3, 0.4) is 0 Å². The Kier molecular flexibility index (Phi) is 56.3. The van der Waals surface area contributed by atoms with Gasteiger partial charge in [-0.1, -0.05) is 254 Å². The second-order valence-corrected chi connectivity index (χ2v) is 24.7. The number of carbonyl (C=O) groups excluding carboxylic acids is 2. The van der Waals surface area contributed by atoms with Gasteiger partial charge < -0.3 is 28.5 Å². The van der Waals surface area contributed by atoms with Crippen molar-refractivity contribution in [2.75, 3.05) is 40.9 Å². The number of likely N-dealkylation sites (N-methyl/N-ethyl adjacent to an activating group) is 1. The Bertz CT molecular complexity index is 1630. The highest BCUT2D eigenvalue weighted by Crippen LogP contribution is 2.38. The lowest BCUT2D eigenvalue weighted by molar-refractivity contribution is -0.870. The van der Waals surface area contributed by atoms with E-state index in [0.717, 1.165) is 109 Å². The molecule has 3 unspecified atom stereocenters. The molecule has 0 fully saturated rings. The molecule has 0 aromatic heterocycles. The highest BCUT2D eigenvalue weighted by molar-refractivity contribution is 7.45. The first-order valence-corrected chi connectivity index (χ1v) is 34.4. The van der Waals surface area contributed by atoms with Crippen LogP contribution in [0.2, 0.25) is 0 Å². The van der Waals surface area contributed by atoms with Crippen LogP contribution in [0.25, 0.3) is 0 Å². The molecule has 0 bridgehead atoms. The molecule has 0 aromatic carbocycles. The van der Waals surface area contributed by atoms with E-state index < -0.39 is 26.6 Å². The van der Waals surface area contributed by atoms with Gasteiger partial charge in [-0.05, 0) is 109 Å². The fourth-order valence-corrected chi connectivity index (χ4v) is 9.91. The molecule has 9 nitrogen and oxygen atoms in total. The maximum atomic E-state index is 13.6. The molecule has 458 valence electrons. The fraction of sp³-hybridized carbons (Fsp3) is 0.768. The van der Waals surface area contributed by atoms with Crippen molar-refractivity contribution in [3.8, 4) is 0 Å². The summed E-state index contributed by atoms with van der Waals surface area (Å²) in [5.74, 6) is -0.557. The number of nitrogens with zero attached hydrogens (tertiary/aromatic N) is 1. The molecule has 0 aromatic rings. The second-order valence-electron chi connectivity index (χ2n) is 23.3. The van der Waals surface area contributed by atoms with Crippen molar-refractivity contribution in [3.63, 3.8) is 0 Å². The average Bonchev–Trinajstić information content (AvgIpc) is 3.41. The summed E-state index contributed by atoms with van der Waals surface area (Å²) < 4.78 is 30.3. The van der Waals surface area contributed by atoms with E-state index in [4.69, 9.17) is 13.8 Å². The van der Waals surface area contributed by atoms with E-state index in [1.165, 1.54) is 148 Å². The van der Waals surface area contributed by atoms with Gasteiger partial charge in [0, 0.05) is 12.8 Å². The van der Waals surface area contributed by atoms with E-state index in [2.05, 4.69) is 99.0 Å². The lowest BCUT2D eigenvalue weighted by atomic mass is 10.0. The molecule has 1 amide bonds. The number of phosphoric acid groups is 1. The van der Waals surface area contributed by atoms with Crippen LogP contribution in [0.5, 0.6) is 0 Å². The normalized spacial score (nSPS) is 14.2. The van der Waals surface area contributed by atoms with E-state index >= 15 is 0 Å². The minimum Gasteiger partial charge on any atom is -0.756 e. The Morgan fingerprint density at radius 2 is 0.772 bits per heavy atom. The monoisotopic (exact) mass is 1120 g/mol. The third kappa shape index (κ3) is 59.6. The zero-order chi connectivity index (χ0) is 57.9. The number of unbranched alkanes of at least 4 members (excludes halogenated alkanes) is 31. The van der Waals surface area contributed by atoms with Crippen molar-refractivity contribution in [3.05, 3.63) is 85.1 Å².